The second-order valence-corrected chi connectivity index (χ2v) is 7.38. The van der Waals surface area contributed by atoms with Crippen LogP contribution in [-0.2, 0) is 6.42 Å². The Hall–Kier alpha value is -1.92. The molecule has 0 aliphatic heterocycles. The van der Waals surface area contributed by atoms with Crippen LogP contribution in [-0.4, -0.2) is 29.1 Å². The molecule has 0 fully saturated rings. The Morgan fingerprint density at radius 3 is 2.72 bits per heavy atom. The first-order valence-corrected chi connectivity index (χ1v) is 8.20. The molecule has 1 atom stereocenters. The van der Waals surface area contributed by atoms with Gasteiger partial charge < -0.3 is 15.6 Å². The number of nitrogens with zero attached hydrogens (tertiary/aromatic N) is 2. The van der Waals surface area contributed by atoms with Crippen LogP contribution < -0.4 is 11.1 Å². The fraction of sp³-hybridized carbons (Fsp3) is 0.500. The first-order valence-electron chi connectivity index (χ1n) is 8.20. The Morgan fingerprint density at radius 1 is 1.36 bits per heavy atom. The number of nitrogens with two attached hydrogens (primary N) is 1. The van der Waals surface area contributed by atoms with Crippen molar-refractivity contribution in [1.82, 2.24) is 15.5 Å². The summed E-state index contributed by atoms with van der Waals surface area (Å²) in [6.45, 7) is 9.43. The number of aromatic nitrogens is 2. The topological polar surface area (TPSA) is 94.0 Å². The quantitative estimate of drug-likeness (QED) is 0.819. The molecule has 25 heavy (non-hydrogen) atoms. The molecule has 0 spiro atoms. The Morgan fingerprint density at radius 2 is 2.08 bits per heavy atom. The van der Waals surface area contributed by atoms with Crippen molar-refractivity contribution in [2.75, 3.05) is 13.1 Å². The van der Waals surface area contributed by atoms with Crippen LogP contribution in [0.2, 0.25) is 0 Å². The number of amides is 1. The number of rotatable bonds is 6. The summed E-state index contributed by atoms with van der Waals surface area (Å²) >= 11 is 0. The molecular formula is C18H27ClN4O2. The highest BCUT2D eigenvalue weighted by molar-refractivity contribution is 5.95. The number of nitrogens with one attached hydrogen (secondary N) is 1. The Balaban J connectivity index is 0.00000312. The van der Waals surface area contributed by atoms with Gasteiger partial charge in [-0.25, -0.2) is 0 Å². The summed E-state index contributed by atoms with van der Waals surface area (Å²) in [4.78, 5) is 16.7. The zero-order valence-corrected chi connectivity index (χ0v) is 16.0. The number of benzene rings is 1. The maximum absolute atomic E-state index is 12.2. The fourth-order valence-corrected chi connectivity index (χ4v) is 2.15. The van der Waals surface area contributed by atoms with Crippen LogP contribution in [0.1, 0.15) is 43.9 Å². The van der Waals surface area contributed by atoms with Crippen molar-refractivity contribution in [1.29, 1.82) is 0 Å². The molecular weight excluding hydrogens is 340 g/mol. The van der Waals surface area contributed by atoms with Crippen LogP contribution in [0.4, 0.5) is 0 Å². The van der Waals surface area contributed by atoms with Crippen molar-refractivity contribution in [2.45, 2.75) is 34.1 Å². The lowest BCUT2D eigenvalue weighted by Crippen LogP contribution is -2.31. The Labute approximate surface area is 155 Å². The van der Waals surface area contributed by atoms with Gasteiger partial charge in [-0.1, -0.05) is 45.0 Å². The smallest absolute Gasteiger partial charge is 0.251 e. The lowest BCUT2D eigenvalue weighted by Gasteiger charge is -2.13. The molecule has 1 heterocycles. The summed E-state index contributed by atoms with van der Waals surface area (Å²) in [5.41, 5.74) is 6.97. The van der Waals surface area contributed by atoms with Gasteiger partial charge in [0.25, 0.3) is 5.91 Å². The Kier molecular flexibility index (Phi) is 7.58. The van der Waals surface area contributed by atoms with Crippen molar-refractivity contribution >= 4 is 18.3 Å². The molecule has 0 bridgehead atoms. The second kappa shape index (κ2) is 8.97. The van der Waals surface area contributed by atoms with E-state index in [0.717, 1.165) is 5.56 Å². The third-order valence-corrected chi connectivity index (χ3v) is 3.55. The van der Waals surface area contributed by atoms with Crippen molar-refractivity contribution < 1.29 is 9.32 Å². The highest BCUT2D eigenvalue weighted by Crippen LogP contribution is 2.22. The van der Waals surface area contributed by atoms with E-state index in [-0.39, 0.29) is 29.6 Å². The number of carbonyl (C=O) groups excluding carboxylic acids is 1. The molecule has 1 aromatic carbocycles. The minimum atomic E-state index is -0.129. The van der Waals surface area contributed by atoms with E-state index in [9.17, 15) is 4.79 Å². The lowest BCUT2D eigenvalue weighted by atomic mass is 9.92. The van der Waals surface area contributed by atoms with Gasteiger partial charge >= 0.3 is 0 Å². The summed E-state index contributed by atoms with van der Waals surface area (Å²) in [5, 5.41) is 6.91. The molecule has 0 aliphatic rings. The average molecular weight is 367 g/mol. The molecule has 1 amide bonds. The van der Waals surface area contributed by atoms with Gasteiger partial charge in [0.05, 0.1) is 0 Å². The first kappa shape index (κ1) is 21.1. The second-order valence-electron chi connectivity index (χ2n) is 7.38. The highest BCUT2D eigenvalue weighted by atomic mass is 35.5. The molecule has 7 heteroatoms. The SMILES string of the molecule is CC(CN)CNC(=O)c1cccc(-c2noc(CC(C)(C)C)n2)c1.Cl. The van der Waals surface area contributed by atoms with E-state index < -0.39 is 0 Å². The van der Waals surface area contributed by atoms with Gasteiger partial charge in [-0.2, -0.15) is 4.98 Å². The number of hydrogen-bond donors (Lipinski definition) is 2. The minimum Gasteiger partial charge on any atom is -0.352 e. The zero-order valence-electron chi connectivity index (χ0n) is 15.2. The van der Waals surface area contributed by atoms with Crippen molar-refractivity contribution in [2.24, 2.45) is 17.1 Å². The van der Waals surface area contributed by atoms with E-state index >= 15 is 0 Å². The summed E-state index contributed by atoms with van der Waals surface area (Å²) < 4.78 is 5.31. The van der Waals surface area contributed by atoms with Crippen molar-refractivity contribution in [3.8, 4) is 11.4 Å². The molecule has 2 aromatic rings. The number of hydrogen-bond acceptors (Lipinski definition) is 5. The molecule has 1 unspecified atom stereocenters. The molecule has 2 rings (SSSR count). The van der Waals surface area contributed by atoms with Crippen molar-refractivity contribution in [3.63, 3.8) is 0 Å². The van der Waals surface area contributed by atoms with Crippen molar-refractivity contribution in [3.05, 3.63) is 35.7 Å². The molecule has 6 nitrogen and oxygen atoms in total. The monoisotopic (exact) mass is 366 g/mol. The predicted octanol–water partition coefficient (Wildman–Crippen LogP) is 3.07. The normalized spacial score (nSPS) is 12.4. The van der Waals surface area contributed by atoms with E-state index in [0.29, 0.717) is 36.8 Å². The zero-order chi connectivity index (χ0) is 17.7. The van der Waals surface area contributed by atoms with Crippen LogP contribution in [0.3, 0.4) is 0 Å². The molecule has 0 saturated carbocycles. The minimum absolute atomic E-state index is 0. The van der Waals surface area contributed by atoms with Gasteiger partial charge in [0.1, 0.15) is 0 Å². The standard InChI is InChI=1S/C18H26N4O2.ClH/c1-12(10-19)11-20-17(23)14-7-5-6-13(8-14)16-21-15(24-22-16)9-18(2,3)4;/h5-8,12H,9-11,19H2,1-4H3,(H,20,23);1H. The van der Waals surface area contributed by atoms with Gasteiger partial charge in [-0.15, -0.1) is 12.4 Å². The van der Waals surface area contributed by atoms with Crippen LogP contribution in [0.25, 0.3) is 11.4 Å². The average Bonchev–Trinajstić information content (AvgIpc) is 2.98. The van der Waals surface area contributed by atoms with E-state index in [4.69, 9.17) is 10.3 Å². The van der Waals surface area contributed by atoms with E-state index in [1.54, 1.807) is 12.1 Å². The van der Waals surface area contributed by atoms with Gasteiger partial charge in [-0.05, 0) is 30.0 Å². The molecule has 3 N–H and O–H groups in total. The largest absolute Gasteiger partial charge is 0.352 e. The fourth-order valence-electron chi connectivity index (χ4n) is 2.15. The molecule has 138 valence electrons. The molecule has 0 saturated heterocycles. The Bertz CT molecular complexity index is 694. The number of carbonyl (C=O) groups is 1. The van der Waals surface area contributed by atoms with E-state index in [1.807, 2.05) is 19.1 Å². The summed E-state index contributed by atoms with van der Waals surface area (Å²) in [6.07, 6.45) is 0.706. The molecule has 1 aromatic heterocycles. The van der Waals surface area contributed by atoms with Crippen LogP contribution in [0.5, 0.6) is 0 Å². The molecule has 0 aliphatic carbocycles. The van der Waals surface area contributed by atoms with E-state index in [1.165, 1.54) is 0 Å². The third-order valence-electron chi connectivity index (χ3n) is 3.55. The third kappa shape index (κ3) is 6.48. The number of halogens is 1. The van der Waals surface area contributed by atoms with Crippen LogP contribution in [0.15, 0.2) is 28.8 Å². The van der Waals surface area contributed by atoms with Crippen LogP contribution >= 0.6 is 12.4 Å². The van der Waals surface area contributed by atoms with Gasteiger partial charge in [0.15, 0.2) is 0 Å². The van der Waals surface area contributed by atoms with E-state index in [2.05, 4.69) is 36.2 Å². The summed E-state index contributed by atoms with van der Waals surface area (Å²) in [6, 6.07) is 7.22. The van der Waals surface area contributed by atoms with Crippen LogP contribution in [0, 0.1) is 11.3 Å². The predicted molar refractivity (Wildman–Crippen MR) is 101 cm³/mol. The van der Waals surface area contributed by atoms with Gasteiger partial charge in [0.2, 0.25) is 11.7 Å². The van der Waals surface area contributed by atoms with Gasteiger partial charge in [0, 0.05) is 24.1 Å². The maximum atomic E-state index is 12.2. The first-order chi connectivity index (χ1) is 11.3. The summed E-state index contributed by atoms with van der Waals surface area (Å²) in [5.74, 6) is 1.22. The molecule has 0 radical (unpaired) electrons. The highest BCUT2D eigenvalue weighted by Gasteiger charge is 2.18. The maximum Gasteiger partial charge on any atom is 0.251 e. The lowest BCUT2D eigenvalue weighted by molar-refractivity contribution is 0.0948. The van der Waals surface area contributed by atoms with Gasteiger partial charge in [-0.3, -0.25) is 4.79 Å². The summed E-state index contributed by atoms with van der Waals surface area (Å²) in [7, 11) is 0.